The number of aryl methyl sites for hydroxylation is 1. The molecule has 0 saturated carbocycles. The van der Waals surface area contributed by atoms with Crippen LogP contribution in [-0.2, 0) is 14.6 Å². The molecule has 0 radical (unpaired) electrons. The molecular formula is C11H16N2O3S. The summed E-state index contributed by atoms with van der Waals surface area (Å²) in [6.45, 7) is 3.63. The molecule has 1 aromatic rings. The van der Waals surface area contributed by atoms with Crippen LogP contribution in [0.1, 0.15) is 18.9 Å². The third-order valence-electron chi connectivity index (χ3n) is 2.05. The largest absolute Gasteiger partial charge is 0.310 e. The van der Waals surface area contributed by atoms with E-state index in [1.807, 2.05) is 6.92 Å². The summed E-state index contributed by atoms with van der Waals surface area (Å²) in [4.78, 5) is 15.4. The van der Waals surface area contributed by atoms with Gasteiger partial charge in [0.15, 0.2) is 9.84 Å². The van der Waals surface area contributed by atoms with Crippen LogP contribution in [0.5, 0.6) is 0 Å². The zero-order valence-electron chi connectivity index (χ0n) is 9.93. The molecule has 1 aromatic heterocycles. The van der Waals surface area contributed by atoms with Crippen LogP contribution in [0.15, 0.2) is 18.3 Å². The van der Waals surface area contributed by atoms with Crippen molar-refractivity contribution in [2.45, 2.75) is 20.3 Å². The van der Waals surface area contributed by atoms with Crippen LogP contribution in [-0.4, -0.2) is 30.8 Å². The zero-order valence-corrected chi connectivity index (χ0v) is 10.8. The molecule has 94 valence electrons. The molecule has 1 heterocycles. The third-order valence-corrected chi connectivity index (χ3v) is 3.78. The average molecular weight is 256 g/mol. The van der Waals surface area contributed by atoms with Crippen molar-refractivity contribution in [3.05, 3.63) is 23.9 Å². The summed E-state index contributed by atoms with van der Waals surface area (Å²) in [5.41, 5.74) is 0.951. The number of rotatable bonds is 5. The minimum absolute atomic E-state index is 0.0294. The second-order valence-corrected chi connectivity index (χ2v) is 6.04. The van der Waals surface area contributed by atoms with Gasteiger partial charge in [0.1, 0.15) is 11.6 Å². The van der Waals surface area contributed by atoms with Crippen molar-refractivity contribution in [2.24, 2.45) is 0 Å². The van der Waals surface area contributed by atoms with Crippen molar-refractivity contribution in [2.75, 3.05) is 16.8 Å². The molecule has 0 aliphatic heterocycles. The van der Waals surface area contributed by atoms with Crippen LogP contribution >= 0.6 is 0 Å². The Morgan fingerprint density at radius 1 is 1.47 bits per heavy atom. The smallest absolute Gasteiger partial charge is 0.240 e. The molecule has 0 fully saturated rings. The van der Waals surface area contributed by atoms with Gasteiger partial charge in [0.05, 0.1) is 5.75 Å². The van der Waals surface area contributed by atoms with E-state index in [2.05, 4.69) is 10.3 Å². The summed E-state index contributed by atoms with van der Waals surface area (Å²) >= 11 is 0. The van der Waals surface area contributed by atoms with Gasteiger partial charge in [0.25, 0.3) is 0 Å². The number of sulfone groups is 1. The van der Waals surface area contributed by atoms with E-state index in [-0.39, 0.29) is 5.75 Å². The third kappa shape index (κ3) is 4.95. The average Bonchev–Trinajstić information content (AvgIpc) is 2.15. The van der Waals surface area contributed by atoms with Crippen LogP contribution in [0.2, 0.25) is 0 Å². The van der Waals surface area contributed by atoms with E-state index >= 15 is 0 Å². The molecule has 0 spiro atoms. The number of hydrogen-bond acceptors (Lipinski definition) is 4. The number of anilines is 1. The van der Waals surface area contributed by atoms with Crippen molar-refractivity contribution in [3.63, 3.8) is 0 Å². The molecule has 0 saturated heterocycles. The Morgan fingerprint density at radius 2 is 2.18 bits per heavy atom. The first-order valence-corrected chi connectivity index (χ1v) is 7.18. The Hall–Kier alpha value is -1.43. The molecule has 1 amide bonds. The standard InChI is InChI=1S/C11H16N2O3S/c1-3-6-17(15,16)8-11(14)13-10-7-9(2)4-5-12-10/h4-5,7H,3,6,8H2,1-2H3,(H,12,13,14). The topological polar surface area (TPSA) is 76.1 Å². The second kappa shape index (κ2) is 5.77. The van der Waals surface area contributed by atoms with E-state index in [1.165, 1.54) is 0 Å². The number of nitrogens with one attached hydrogen (secondary N) is 1. The van der Waals surface area contributed by atoms with E-state index in [0.717, 1.165) is 5.56 Å². The van der Waals surface area contributed by atoms with Gasteiger partial charge in [0, 0.05) is 6.20 Å². The highest BCUT2D eigenvalue weighted by molar-refractivity contribution is 7.92. The quantitative estimate of drug-likeness (QED) is 0.857. The van der Waals surface area contributed by atoms with Gasteiger partial charge in [-0.25, -0.2) is 13.4 Å². The van der Waals surface area contributed by atoms with Crippen molar-refractivity contribution in [1.29, 1.82) is 0 Å². The summed E-state index contributed by atoms with van der Waals surface area (Å²) in [6.07, 6.45) is 2.07. The highest BCUT2D eigenvalue weighted by Gasteiger charge is 2.15. The lowest BCUT2D eigenvalue weighted by molar-refractivity contribution is -0.113. The number of amides is 1. The molecule has 0 unspecified atom stereocenters. The summed E-state index contributed by atoms with van der Waals surface area (Å²) in [5.74, 6) is -0.628. The van der Waals surface area contributed by atoms with Gasteiger partial charge in [-0.3, -0.25) is 4.79 Å². The SMILES string of the molecule is CCCS(=O)(=O)CC(=O)Nc1cc(C)ccn1. The van der Waals surface area contributed by atoms with Crippen LogP contribution < -0.4 is 5.32 Å². The minimum atomic E-state index is -3.30. The van der Waals surface area contributed by atoms with Crippen molar-refractivity contribution in [1.82, 2.24) is 4.98 Å². The van der Waals surface area contributed by atoms with Crippen LogP contribution in [0, 0.1) is 6.92 Å². The molecule has 0 aromatic carbocycles. The fourth-order valence-electron chi connectivity index (χ4n) is 1.37. The Balaban J connectivity index is 2.62. The lowest BCUT2D eigenvalue weighted by atomic mass is 10.3. The van der Waals surface area contributed by atoms with Gasteiger partial charge in [-0.15, -0.1) is 0 Å². The van der Waals surface area contributed by atoms with Gasteiger partial charge in [0.2, 0.25) is 5.91 Å². The van der Waals surface area contributed by atoms with E-state index < -0.39 is 21.5 Å². The first kappa shape index (κ1) is 13.6. The highest BCUT2D eigenvalue weighted by atomic mass is 32.2. The number of aromatic nitrogens is 1. The minimum Gasteiger partial charge on any atom is -0.310 e. The molecule has 1 N–H and O–H groups in total. The normalized spacial score (nSPS) is 11.2. The maximum atomic E-state index is 11.5. The van der Waals surface area contributed by atoms with E-state index in [1.54, 1.807) is 25.3 Å². The molecule has 0 aliphatic carbocycles. The van der Waals surface area contributed by atoms with Gasteiger partial charge in [-0.1, -0.05) is 6.92 Å². The monoisotopic (exact) mass is 256 g/mol. The molecule has 5 nitrogen and oxygen atoms in total. The maximum Gasteiger partial charge on any atom is 0.240 e. The Labute approximate surface area is 101 Å². The number of pyridine rings is 1. The van der Waals surface area contributed by atoms with Crippen molar-refractivity contribution in [3.8, 4) is 0 Å². The van der Waals surface area contributed by atoms with E-state index in [0.29, 0.717) is 12.2 Å². The zero-order chi connectivity index (χ0) is 12.9. The van der Waals surface area contributed by atoms with Gasteiger partial charge in [-0.2, -0.15) is 0 Å². The summed E-state index contributed by atoms with van der Waals surface area (Å²) in [5, 5.41) is 2.47. The van der Waals surface area contributed by atoms with Crippen LogP contribution in [0.25, 0.3) is 0 Å². The van der Waals surface area contributed by atoms with Crippen LogP contribution in [0.3, 0.4) is 0 Å². The van der Waals surface area contributed by atoms with Crippen molar-refractivity contribution < 1.29 is 13.2 Å². The lowest BCUT2D eigenvalue weighted by Crippen LogP contribution is -2.24. The Bertz CT molecular complexity index is 497. The number of nitrogens with zero attached hydrogens (tertiary/aromatic N) is 1. The highest BCUT2D eigenvalue weighted by Crippen LogP contribution is 2.05. The summed E-state index contributed by atoms with van der Waals surface area (Å²) in [6, 6.07) is 3.48. The van der Waals surface area contributed by atoms with Gasteiger partial charge >= 0.3 is 0 Å². The fraction of sp³-hybridized carbons (Fsp3) is 0.455. The first-order valence-electron chi connectivity index (χ1n) is 5.36. The van der Waals surface area contributed by atoms with E-state index in [4.69, 9.17) is 0 Å². The lowest BCUT2D eigenvalue weighted by Gasteiger charge is -2.05. The Morgan fingerprint density at radius 3 is 2.76 bits per heavy atom. The predicted molar refractivity (Wildman–Crippen MR) is 66.5 cm³/mol. The Kier molecular flexibility index (Phi) is 4.62. The van der Waals surface area contributed by atoms with E-state index in [9.17, 15) is 13.2 Å². The maximum absolute atomic E-state index is 11.5. The predicted octanol–water partition coefficient (Wildman–Crippen LogP) is 1.15. The van der Waals surface area contributed by atoms with Crippen molar-refractivity contribution >= 4 is 21.6 Å². The van der Waals surface area contributed by atoms with Gasteiger partial charge < -0.3 is 5.32 Å². The molecule has 6 heteroatoms. The number of carbonyl (C=O) groups excluding carboxylic acids is 1. The second-order valence-electron chi connectivity index (χ2n) is 3.86. The number of hydrogen-bond donors (Lipinski definition) is 1. The molecule has 17 heavy (non-hydrogen) atoms. The molecule has 0 atom stereocenters. The summed E-state index contributed by atoms with van der Waals surface area (Å²) in [7, 11) is -3.30. The molecule has 0 aliphatic rings. The summed E-state index contributed by atoms with van der Waals surface area (Å²) < 4.78 is 22.8. The molecule has 0 bridgehead atoms. The fourth-order valence-corrected chi connectivity index (χ4v) is 2.60. The number of carbonyl (C=O) groups is 1. The van der Waals surface area contributed by atoms with Gasteiger partial charge in [-0.05, 0) is 31.0 Å². The molecule has 1 rings (SSSR count). The first-order chi connectivity index (χ1) is 7.93. The molecular weight excluding hydrogens is 240 g/mol. The van der Waals surface area contributed by atoms with Crippen LogP contribution in [0.4, 0.5) is 5.82 Å².